The molecule has 0 saturated carbocycles. The van der Waals surface area contributed by atoms with Crippen molar-refractivity contribution in [1.29, 1.82) is 0 Å². The van der Waals surface area contributed by atoms with Crippen LogP contribution in [0.2, 0.25) is 0 Å². The zero-order valence-electron chi connectivity index (χ0n) is 8.78. The molecule has 0 aromatic carbocycles. The summed E-state index contributed by atoms with van der Waals surface area (Å²) in [5.41, 5.74) is 0. The summed E-state index contributed by atoms with van der Waals surface area (Å²) in [4.78, 5) is 0. The van der Waals surface area contributed by atoms with Crippen molar-refractivity contribution in [3.8, 4) is 0 Å². The molecule has 1 radical (unpaired) electrons. The van der Waals surface area contributed by atoms with Crippen molar-refractivity contribution < 1.29 is 178 Å². The standard InChI is InChI=1S/6BrH.3K.Rh.3H/h6*1H;;;;;;;/q;;;;;;3*+1;;3*-1. The minimum Gasteiger partial charge on any atom is -1.00 e. The van der Waals surface area contributed by atoms with E-state index in [9.17, 15) is 0 Å². The molecule has 10 heteroatoms. The van der Waals surface area contributed by atoms with E-state index in [0.717, 1.165) is 0 Å². The number of hydrogen-bond donors (Lipinski definition) is 0. The normalized spacial score (nSPS) is 0. The first-order chi connectivity index (χ1) is 0. The van der Waals surface area contributed by atoms with E-state index in [1.165, 1.54) is 0 Å². The maximum atomic E-state index is 0. The fourth-order valence-corrected chi connectivity index (χ4v) is 0. The van der Waals surface area contributed by atoms with Crippen LogP contribution in [-0.4, -0.2) is 0 Å². The van der Waals surface area contributed by atoms with E-state index >= 15 is 0 Å². The quantitative estimate of drug-likeness (QED) is 0.221. The van der Waals surface area contributed by atoms with Crippen molar-refractivity contribution >= 4 is 102 Å². The molecule has 0 aliphatic rings. The zero-order valence-corrected chi connectivity index (χ0v) is 27.1. The van der Waals surface area contributed by atoms with Crippen LogP contribution in [0.15, 0.2) is 0 Å². The van der Waals surface area contributed by atoms with Gasteiger partial charge in [0.1, 0.15) is 0 Å². The van der Waals surface area contributed by atoms with E-state index < -0.39 is 0 Å². The van der Waals surface area contributed by atoms with Gasteiger partial charge in [0, 0.05) is 19.5 Å². The molecular weight excluding hydrogens is 700 g/mol. The molecule has 0 N–H and O–H groups in total. The molecular formula is H9Br6K3Rh. The smallest absolute Gasteiger partial charge is 1.00 e. The van der Waals surface area contributed by atoms with Crippen molar-refractivity contribution in [2.24, 2.45) is 0 Å². The van der Waals surface area contributed by atoms with Gasteiger partial charge in [0.25, 0.3) is 0 Å². The van der Waals surface area contributed by atoms with E-state index in [0.29, 0.717) is 0 Å². The first kappa shape index (κ1) is 78.9. The average molecular weight is 709 g/mol. The van der Waals surface area contributed by atoms with Gasteiger partial charge >= 0.3 is 154 Å². The predicted octanol–water partition coefficient (Wildman–Crippen LogP) is -5.19. The first-order valence-electron chi connectivity index (χ1n) is 0. The van der Waals surface area contributed by atoms with E-state index in [1.54, 1.807) is 0 Å². The summed E-state index contributed by atoms with van der Waals surface area (Å²) in [6.45, 7) is 0. The van der Waals surface area contributed by atoms with Crippen LogP contribution in [0, 0.1) is 0 Å². The third-order valence-electron chi connectivity index (χ3n) is 0. The van der Waals surface area contributed by atoms with Gasteiger partial charge in [0.05, 0.1) is 0 Å². The summed E-state index contributed by atoms with van der Waals surface area (Å²) >= 11 is 0. The Balaban J connectivity index is 0. The Bertz CT molecular complexity index is 23.1. The molecule has 0 unspecified atom stereocenters. The van der Waals surface area contributed by atoms with Gasteiger partial charge in [0.2, 0.25) is 0 Å². The molecule has 0 spiro atoms. The Hall–Kier alpha value is 8.41. The third-order valence-corrected chi connectivity index (χ3v) is 0. The molecule has 0 amide bonds. The van der Waals surface area contributed by atoms with Crippen LogP contribution in [0.4, 0.5) is 0 Å². The molecule has 0 rings (SSSR count). The molecule has 0 aliphatic heterocycles. The number of halogens is 6. The summed E-state index contributed by atoms with van der Waals surface area (Å²) in [6, 6.07) is 0. The Labute approximate surface area is 271 Å². The van der Waals surface area contributed by atoms with Crippen molar-refractivity contribution in [1.82, 2.24) is 0 Å². The SMILES string of the molecule is Br.Br.Br.Br.Br.Br.[H-].[H-].[H-].[K+].[K+].[K+].[Rh]. The molecule has 0 atom stereocenters. The topological polar surface area (TPSA) is 0 Å². The van der Waals surface area contributed by atoms with Crippen molar-refractivity contribution in [2.75, 3.05) is 0 Å². The molecule has 0 nitrogen and oxygen atoms in total. The molecule has 0 fully saturated rings. The molecule has 0 aromatic heterocycles. The third kappa shape index (κ3) is 55.1. The fraction of sp³-hybridized carbons (Fsp3) is 0. The Morgan fingerprint density at radius 3 is 0.400 bits per heavy atom. The molecule has 0 aromatic rings. The maximum absolute atomic E-state index is 0. The van der Waals surface area contributed by atoms with Gasteiger partial charge in [0.15, 0.2) is 0 Å². The van der Waals surface area contributed by atoms with E-state index in [1.807, 2.05) is 0 Å². The van der Waals surface area contributed by atoms with E-state index in [-0.39, 0.29) is 280 Å². The second kappa shape index (κ2) is 66.3. The number of rotatable bonds is 0. The summed E-state index contributed by atoms with van der Waals surface area (Å²) in [5, 5.41) is 0. The summed E-state index contributed by atoms with van der Waals surface area (Å²) < 4.78 is 0. The zero-order chi connectivity index (χ0) is 0. The van der Waals surface area contributed by atoms with Crippen molar-refractivity contribution in [3.05, 3.63) is 0 Å². The van der Waals surface area contributed by atoms with E-state index in [4.69, 9.17) is 0 Å². The minimum atomic E-state index is 0. The van der Waals surface area contributed by atoms with Gasteiger partial charge in [-0.05, 0) is 0 Å². The van der Waals surface area contributed by atoms with Crippen LogP contribution in [0.25, 0.3) is 0 Å². The van der Waals surface area contributed by atoms with Crippen LogP contribution in [-0.2, 0) is 19.5 Å². The second-order valence-corrected chi connectivity index (χ2v) is 0. The summed E-state index contributed by atoms with van der Waals surface area (Å²) in [7, 11) is 0. The van der Waals surface area contributed by atoms with Crippen LogP contribution in [0.3, 0.4) is 0 Å². The van der Waals surface area contributed by atoms with E-state index in [2.05, 4.69) is 0 Å². The van der Waals surface area contributed by atoms with Crippen LogP contribution in [0.5, 0.6) is 0 Å². The Kier molecular flexibility index (Phi) is 523. The summed E-state index contributed by atoms with van der Waals surface area (Å²) in [5.74, 6) is 0. The molecule has 10 heavy (non-hydrogen) atoms. The van der Waals surface area contributed by atoms with Crippen LogP contribution in [0.1, 0.15) is 4.28 Å². The van der Waals surface area contributed by atoms with Crippen molar-refractivity contribution in [2.45, 2.75) is 0 Å². The number of hydrogen-bond acceptors (Lipinski definition) is 0. The largest absolute Gasteiger partial charge is 1.00 e. The maximum Gasteiger partial charge on any atom is 1.00 e. The Morgan fingerprint density at radius 2 is 0.400 bits per heavy atom. The first-order valence-corrected chi connectivity index (χ1v) is 0. The molecule has 0 heterocycles. The van der Waals surface area contributed by atoms with Gasteiger partial charge < -0.3 is 4.28 Å². The average Bonchev–Trinajstić information content (AvgIpc) is 0. The van der Waals surface area contributed by atoms with Crippen molar-refractivity contribution in [3.63, 3.8) is 0 Å². The monoisotopic (exact) mass is 702 g/mol. The summed E-state index contributed by atoms with van der Waals surface area (Å²) in [6.07, 6.45) is 0. The van der Waals surface area contributed by atoms with Gasteiger partial charge in [-0.1, -0.05) is 0 Å². The molecule has 0 bridgehead atoms. The van der Waals surface area contributed by atoms with Gasteiger partial charge in [-0.3, -0.25) is 0 Å². The van der Waals surface area contributed by atoms with Crippen LogP contribution < -0.4 is 154 Å². The van der Waals surface area contributed by atoms with Gasteiger partial charge in [-0.2, -0.15) is 0 Å². The minimum absolute atomic E-state index is 0. The second-order valence-electron chi connectivity index (χ2n) is 0. The Morgan fingerprint density at radius 1 is 0.400 bits per heavy atom. The van der Waals surface area contributed by atoms with Crippen LogP contribution >= 0.6 is 102 Å². The molecule has 63 valence electrons. The molecule has 0 saturated heterocycles. The molecule has 0 aliphatic carbocycles. The van der Waals surface area contributed by atoms with Gasteiger partial charge in [-0.15, -0.1) is 102 Å². The predicted molar refractivity (Wildman–Crippen MR) is 65.3 cm³/mol. The fourth-order valence-electron chi connectivity index (χ4n) is 0. The van der Waals surface area contributed by atoms with Gasteiger partial charge in [-0.25, -0.2) is 0 Å².